The van der Waals surface area contributed by atoms with Gasteiger partial charge in [0.2, 0.25) is 0 Å². The normalized spacial score (nSPS) is 27.0. The zero-order valence-corrected chi connectivity index (χ0v) is 9.29. The maximum atomic E-state index is 10.8. The monoisotopic (exact) mass is 220 g/mol. The summed E-state index contributed by atoms with van der Waals surface area (Å²) < 4.78 is 31.7. The predicted molar refractivity (Wildman–Crippen MR) is 53.5 cm³/mol. The van der Waals surface area contributed by atoms with Crippen LogP contribution in [0.3, 0.4) is 0 Å². The second-order valence-corrected chi connectivity index (χ2v) is 4.95. The summed E-state index contributed by atoms with van der Waals surface area (Å²) in [5, 5.41) is 0. The van der Waals surface area contributed by atoms with Gasteiger partial charge in [-0.1, -0.05) is 12.2 Å². The van der Waals surface area contributed by atoms with E-state index in [-0.39, 0.29) is 18.6 Å². The molecule has 0 aliphatic heterocycles. The van der Waals surface area contributed by atoms with Crippen LogP contribution in [0.5, 0.6) is 0 Å². The van der Waals surface area contributed by atoms with Gasteiger partial charge in [-0.15, -0.1) is 0 Å². The molecule has 0 heterocycles. The minimum Gasteiger partial charge on any atom is -0.377 e. The van der Waals surface area contributed by atoms with E-state index < -0.39 is 10.1 Å². The molecule has 0 fully saturated rings. The van der Waals surface area contributed by atoms with Crippen molar-refractivity contribution in [3.63, 3.8) is 0 Å². The Bertz CT molecular complexity index is 294. The van der Waals surface area contributed by atoms with Gasteiger partial charge in [-0.05, 0) is 13.3 Å². The van der Waals surface area contributed by atoms with Crippen molar-refractivity contribution >= 4 is 10.1 Å². The summed E-state index contributed by atoms with van der Waals surface area (Å²) in [4.78, 5) is 0. The van der Waals surface area contributed by atoms with E-state index in [2.05, 4.69) is 0 Å². The van der Waals surface area contributed by atoms with Gasteiger partial charge in [0.05, 0.1) is 19.0 Å². The molecule has 0 N–H and O–H groups in total. The molecule has 0 aromatic heterocycles. The molecule has 0 amide bonds. The largest absolute Gasteiger partial charge is 0.377 e. The van der Waals surface area contributed by atoms with E-state index in [9.17, 15) is 8.42 Å². The lowest BCUT2D eigenvalue weighted by molar-refractivity contribution is 0.0301. The highest BCUT2D eigenvalue weighted by atomic mass is 32.2. The van der Waals surface area contributed by atoms with Gasteiger partial charge >= 0.3 is 0 Å². The van der Waals surface area contributed by atoms with E-state index in [1.807, 2.05) is 19.1 Å². The quantitative estimate of drug-likeness (QED) is 0.511. The molecule has 5 heteroatoms. The van der Waals surface area contributed by atoms with Crippen molar-refractivity contribution in [2.24, 2.45) is 5.92 Å². The molecular weight excluding hydrogens is 204 g/mol. The third-order valence-electron chi connectivity index (χ3n) is 2.08. The number of rotatable bonds is 5. The molecule has 0 bridgehead atoms. The van der Waals surface area contributed by atoms with Gasteiger partial charge in [-0.2, -0.15) is 8.42 Å². The zero-order chi connectivity index (χ0) is 10.6. The molecule has 0 unspecified atom stereocenters. The summed E-state index contributed by atoms with van der Waals surface area (Å²) in [6, 6.07) is 0. The first-order valence-electron chi connectivity index (χ1n) is 4.65. The molecule has 0 saturated carbocycles. The zero-order valence-electron chi connectivity index (χ0n) is 8.47. The SMILES string of the molecule is CCO[C@@H]1CC=C[C@@H]1COS(C)(=O)=O. The molecule has 1 aliphatic rings. The van der Waals surface area contributed by atoms with Crippen molar-refractivity contribution in [2.75, 3.05) is 19.5 Å². The lowest BCUT2D eigenvalue weighted by Crippen LogP contribution is -2.24. The van der Waals surface area contributed by atoms with Crippen molar-refractivity contribution in [3.8, 4) is 0 Å². The highest BCUT2D eigenvalue weighted by molar-refractivity contribution is 7.85. The van der Waals surface area contributed by atoms with Crippen LogP contribution < -0.4 is 0 Å². The summed E-state index contributed by atoms with van der Waals surface area (Å²) in [5.41, 5.74) is 0. The van der Waals surface area contributed by atoms with Gasteiger partial charge in [0.15, 0.2) is 0 Å². The van der Waals surface area contributed by atoms with Gasteiger partial charge in [0.25, 0.3) is 10.1 Å². The van der Waals surface area contributed by atoms with Crippen LogP contribution in [-0.4, -0.2) is 34.0 Å². The van der Waals surface area contributed by atoms with Crippen LogP contribution in [0.1, 0.15) is 13.3 Å². The van der Waals surface area contributed by atoms with E-state index in [0.717, 1.165) is 12.7 Å². The fraction of sp³-hybridized carbons (Fsp3) is 0.778. The van der Waals surface area contributed by atoms with Crippen molar-refractivity contribution in [1.29, 1.82) is 0 Å². The molecule has 1 rings (SSSR count). The number of ether oxygens (including phenoxy) is 1. The van der Waals surface area contributed by atoms with E-state index in [1.54, 1.807) is 0 Å². The van der Waals surface area contributed by atoms with Crippen molar-refractivity contribution < 1.29 is 17.3 Å². The smallest absolute Gasteiger partial charge is 0.264 e. The van der Waals surface area contributed by atoms with Gasteiger partial charge < -0.3 is 4.74 Å². The Morgan fingerprint density at radius 1 is 1.50 bits per heavy atom. The van der Waals surface area contributed by atoms with Crippen LogP contribution in [-0.2, 0) is 19.0 Å². The lowest BCUT2D eigenvalue weighted by Gasteiger charge is -2.18. The minimum absolute atomic E-state index is 0.0599. The van der Waals surface area contributed by atoms with Crippen LogP contribution in [0.15, 0.2) is 12.2 Å². The van der Waals surface area contributed by atoms with Crippen molar-refractivity contribution in [3.05, 3.63) is 12.2 Å². The van der Waals surface area contributed by atoms with E-state index in [4.69, 9.17) is 8.92 Å². The number of hydrogen-bond acceptors (Lipinski definition) is 4. The van der Waals surface area contributed by atoms with Crippen LogP contribution in [0, 0.1) is 5.92 Å². The Labute approximate surface area is 85.0 Å². The van der Waals surface area contributed by atoms with Gasteiger partial charge in [0.1, 0.15) is 0 Å². The summed E-state index contributed by atoms with van der Waals surface area (Å²) in [5.74, 6) is 0.0599. The highest BCUT2D eigenvalue weighted by Crippen LogP contribution is 2.22. The minimum atomic E-state index is -3.34. The molecule has 0 aromatic rings. The summed E-state index contributed by atoms with van der Waals surface area (Å²) in [6.45, 7) is 2.74. The van der Waals surface area contributed by atoms with Gasteiger partial charge in [-0.3, -0.25) is 4.18 Å². The second kappa shape index (κ2) is 4.91. The lowest BCUT2D eigenvalue weighted by atomic mass is 10.1. The topological polar surface area (TPSA) is 52.6 Å². The molecule has 82 valence electrons. The molecule has 0 radical (unpaired) electrons. The average molecular weight is 220 g/mol. The fourth-order valence-corrected chi connectivity index (χ4v) is 1.86. The van der Waals surface area contributed by atoms with Crippen molar-refractivity contribution in [1.82, 2.24) is 0 Å². The Morgan fingerprint density at radius 3 is 2.79 bits per heavy atom. The maximum absolute atomic E-state index is 10.8. The van der Waals surface area contributed by atoms with Crippen LogP contribution >= 0.6 is 0 Å². The molecule has 1 aliphatic carbocycles. The van der Waals surface area contributed by atoms with Crippen LogP contribution in [0.4, 0.5) is 0 Å². The molecule has 0 spiro atoms. The second-order valence-electron chi connectivity index (χ2n) is 3.31. The van der Waals surface area contributed by atoms with E-state index in [0.29, 0.717) is 6.61 Å². The fourth-order valence-electron chi connectivity index (χ4n) is 1.46. The van der Waals surface area contributed by atoms with Crippen molar-refractivity contribution in [2.45, 2.75) is 19.4 Å². The average Bonchev–Trinajstić information content (AvgIpc) is 2.48. The Morgan fingerprint density at radius 2 is 2.21 bits per heavy atom. The number of hydrogen-bond donors (Lipinski definition) is 0. The Hall–Kier alpha value is -0.390. The molecule has 0 aromatic carbocycles. The molecule has 4 nitrogen and oxygen atoms in total. The third-order valence-corrected chi connectivity index (χ3v) is 2.65. The van der Waals surface area contributed by atoms with Crippen LogP contribution in [0.25, 0.3) is 0 Å². The Kier molecular flexibility index (Phi) is 4.10. The first-order chi connectivity index (χ1) is 6.53. The first-order valence-corrected chi connectivity index (χ1v) is 6.47. The molecule has 2 atom stereocenters. The summed E-state index contributed by atoms with van der Waals surface area (Å²) in [7, 11) is -3.34. The first kappa shape index (κ1) is 11.7. The molecular formula is C9H16O4S. The van der Waals surface area contributed by atoms with E-state index >= 15 is 0 Å². The predicted octanol–water partition coefficient (Wildman–Crippen LogP) is 0.944. The molecule has 14 heavy (non-hydrogen) atoms. The maximum Gasteiger partial charge on any atom is 0.264 e. The molecule has 0 saturated heterocycles. The summed E-state index contributed by atoms with van der Waals surface area (Å²) >= 11 is 0. The van der Waals surface area contributed by atoms with Gasteiger partial charge in [-0.25, -0.2) is 0 Å². The third kappa shape index (κ3) is 3.77. The highest BCUT2D eigenvalue weighted by Gasteiger charge is 2.24. The van der Waals surface area contributed by atoms with E-state index in [1.165, 1.54) is 0 Å². The summed E-state index contributed by atoms with van der Waals surface area (Å²) in [6.07, 6.45) is 5.91. The Balaban J connectivity index is 2.39. The van der Waals surface area contributed by atoms with Crippen LogP contribution in [0.2, 0.25) is 0 Å². The standard InChI is InChI=1S/C9H16O4S/c1-3-12-9-6-4-5-8(9)7-13-14(2,10)11/h4-5,8-9H,3,6-7H2,1-2H3/t8-,9-/m1/s1. The van der Waals surface area contributed by atoms with Gasteiger partial charge in [0, 0.05) is 12.5 Å².